The van der Waals surface area contributed by atoms with Crippen LogP contribution in [0.5, 0.6) is 0 Å². The second-order valence-electron chi connectivity index (χ2n) is 2.55. The molecule has 0 rings (SSSR count). The van der Waals surface area contributed by atoms with Gasteiger partial charge in [0.2, 0.25) is 5.91 Å². The maximum Gasteiger partial charge on any atom is 0.511 e. The molecule has 0 fully saturated rings. The Morgan fingerprint density at radius 1 is 1.27 bits per heavy atom. The molecule has 15 heavy (non-hydrogen) atoms. The number of amides is 1. The zero-order valence-electron chi connectivity index (χ0n) is 7.89. The first-order valence-electron chi connectivity index (χ1n) is 4.03. The molecular weight excluding hydrogens is 237 g/mol. The average Bonchev–Trinajstić information content (AvgIpc) is 2.10. The Balaban J connectivity index is 3.93. The van der Waals surface area contributed by atoms with Crippen molar-refractivity contribution in [3.05, 3.63) is 0 Å². The van der Waals surface area contributed by atoms with Gasteiger partial charge in [-0.1, -0.05) is 6.92 Å². The monoisotopic (exact) mass is 248 g/mol. The lowest BCUT2D eigenvalue weighted by Gasteiger charge is -2.09. The molecule has 0 aliphatic heterocycles. The van der Waals surface area contributed by atoms with Crippen LogP contribution in [0, 0.1) is 0 Å². The molecule has 90 valence electrons. The molecule has 0 unspecified atom stereocenters. The highest BCUT2D eigenvalue weighted by atomic mass is 32.2. The molecule has 1 amide bonds. The number of carbonyl (C=O) groups excluding carboxylic acids is 1. The van der Waals surface area contributed by atoms with Crippen LogP contribution >= 0.6 is 0 Å². The van der Waals surface area contributed by atoms with Crippen LogP contribution in [-0.2, 0) is 14.8 Å². The molecule has 0 aromatic rings. The number of alkyl halides is 3. The van der Waals surface area contributed by atoms with Crippen molar-refractivity contribution in [3.8, 4) is 0 Å². The van der Waals surface area contributed by atoms with Gasteiger partial charge in [0.15, 0.2) is 0 Å². The van der Waals surface area contributed by atoms with E-state index in [1.807, 2.05) is 0 Å². The molecule has 0 saturated carbocycles. The van der Waals surface area contributed by atoms with Crippen molar-refractivity contribution in [1.29, 1.82) is 0 Å². The van der Waals surface area contributed by atoms with Crippen LogP contribution in [0.1, 0.15) is 13.3 Å². The first-order chi connectivity index (χ1) is 6.70. The van der Waals surface area contributed by atoms with Crippen molar-refractivity contribution < 1.29 is 26.4 Å². The summed E-state index contributed by atoms with van der Waals surface area (Å²) in [5.74, 6) is -0.360. The first-order valence-corrected chi connectivity index (χ1v) is 5.51. The summed E-state index contributed by atoms with van der Waals surface area (Å²) in [4.78, 5) is 10.6. The van der Waals surface area contributed by atoms with Crippen LogP contribution in [0.15, 0.2) is 0 Å². The van der Waals surface area contributed by atoms with E-state index in [9.17, 15) is 26.4 Å². The summed E-state index contributed by atoms with van der Waals surface area (Å²) >= 11 is 0. The normalized spacial score (nSPS) is 12.5. The molecule has 0 aliphatic rings. The second kappa shape index (κ2) is 5.31. The third-order valence-corrected chi connectivity index (χ3v) is 2.56. The van der Waals surface area contributed by atoms with Crippen LogP contribution in [0.2, 0.25) is 0 Å². The van der Waals surface area contributed by atoms with Gasteiger partial charge in [-0.05, 0) is 0 Å². The summed E-state index contributed by atoms with van der Waals surface area (Å²) in [6.45, 7) is 0.894. The number of sulfonamides is 1. The van der Waals surface area contributed by atoms with Gasteiger partial charge in [0.05, 0.1) is 0 Å². The Kier molecular flexibility index (Phi) is 5.01. The van der Waals surface area contributed by atoms with E-state index in [0.717, 1.165) is 0 Å². The minimum atomic E-state index is -5.32. The van der Waals surface area contributed by atoms with Crippen molar-refractivity contribution in [2.45, 2.75) is 18.9 Å². The lowest BCUT2D eigenvalue weighted by molar-refractivity contribution is -0.120. The van der Waals surface area contributed by atoms with Crippen molar-refractivity contribution in [2.24, 2.45) is 0 Å². The van der Waals surface area contributed by atoms with E-state index >= 15 is 0 Å². The Morgan fingerprint density at radius 3 is 2.20 bits per heavy atom. The molecule has 0 bridgehead atoms. The summed E-state index contributed by atoms with van der Waals surface area (Å²) in [7, 11) is -5.30. The highest BCUT2D eigenvalue weighted by Gasteiger charge is 2.45. The lowest BCUT2D eigenvalue weighted by Crippen LogP contribution is -2.40. The van der Waals surface area contributed by atoms with E-state index in [-0.39, 0.29) is 18.9 Å². The molecule has 0 aromatic carbocycles. The number of hydrogen-bond donors (Lipinski definition) is 2. The largest absolute Gasteiger partial charge is 0.511 e. The average molecular weight is 248 g/mol. The van der Waals surface area contributed by atoms with Gasteiger partial charge in [-0.2, -0.15) is 13.2 Å². The molecule has 0 spiro atoms. The van der Waals surface area contributed by atoms with Gasteiger partial charge in [0, 0.05) is 19.5 Å². The highest BCUT2D eigenvalue weighted by Crippen LogP contribution is 2.20. The summed E-state index contributed by atoms with van der Waals surface area (Å²) in [5, 5.41) is 2.22. The third kappa shape index (κ3) is 4.98. The van der Waals surface area contributed by atoms with E-state index < -0.39 is 22.1 Å². The van der Waals surface area contributed by atoms with E-state index in [1.165, 1.54) is 4.72 Å². The van der Waals surface area contributed by atoms with Gasteiger partial charge >= 0.3 is 15.5 Å². The third-order valence-electron chi connectivity index (χ3n) is 1.37. The Bertz CT molecular complexity index is 312. The summed E-state index contributed by atoms with van der Waals surface area (Å²) < 4.78 is 57.4. The van der Waals surface area contributed by atoms with Gasteiger partial charge in [0.25, 0.3) is 0 Å². The minimum absolute atomic E-state index is 0.179. The Labute approximate surface area is 85.1 Å². The molecule has 5 nitrogen and oxygen atoms in total. The zero-order valence-corrected chi connectivity index (χ0v) is 8.70. The fraction of sp³-hybridized carbons (Fsp3) is 0.833. The van der Waals surface area contributed by atoms with Crippen LogP contribution < -0.4 is 10.0 Å². The number of nitrogens with one attached hydrogen (secondary N) is 2. The number of rotatable bonds is 5. The van der Waals surface area contributed by atoms with Crippen LogP contribution in [0.4, 0.5) is 13.2 Å². The lowest BCUT2D eigenvalue weighted by atomic mass is 10.4. The van der Waals surface area contributed by atoms with Gasteiger partial charge in [-0.25, -0.2) is 13.1 Å². The van der Waals surface area contributed by atoms with Crippen molar-refractivity contribution in [1.82, 2.24) is 10.0 Å². The van der Waals surface area contributed by atoms with Gasteiger partial charge in [-0.3, -0.25) is 4.79 Å². The molecule has 9 heteroatoms. The number of hydrogen-bond acceptors (Lipinski definition) is 3. The quantitative estimate of drug-likeness (QED) is 0.670. The Morgan fingerprint density at radius 2 is 1.80 bits per heavy atom. The van der Waals surface area contributed by atoms with Gasteiger partial charge < -0.3 is 5.32 Å². The van der Waals surface area contributed by atoms with Gasteiger partial charge in [-0.15, -0.1) is 0 Å². The second-order valence-corrected chi connectivity index (χ2v) is 4.31. The molecule has 0 heterocycles. The number of halogens is 3. The maximum absolute atomic E-state index is 11.7. The van der Waals surface area contributed by atoms with Crippen LogP contribution in [-0.4, -0.2) is 32.9 Å². The first kappa shape index (κ1) is 14.2. The standard InChI is InChI=1S/C6H11F3N2O3S/c1-2-5(12)10-3-4-11-15(13,14)6(7,8)9/h11H,2-4H2,1H3,(H,10,12). The summed E-state index contributed by atoms with van der Waals surface area (Å²) in [5.41, 5.74) is -5.32. The van der Waals surface area contributed by atoms with Crippen molar-refractivity contribution in [3.63, 3.8) is 0 Å². The minimum Gasteiger partial charge on any atom is -0.355 e. The molecule has 0 aromatic heterocycles. The van der Waals surface area contributed by atoms with Crippen molar-refractivity contribution in [2.75, 3.05) is 13.1 Å². The highest BCUT2D eigenvalue weighted by molar-refractivity contribution is 7.90. The number of carbonyl (C=O) groups is 1. The molecule has 0 aliphatic carbocycles. The van der Waals surface area contributed by atoms with E-state index in [4.69, 9.17) is 0 Å². The predicted octanol–water partition coefficient (Wildman–Crippen LogP) is -0.0482. The predicted molar refractivity (Wildman–Crippen MR) is 46.3 cm³/mol. The van der Waals surface area contributed by atoms with E-state index in [2.05, 4.69) is 5.32 Å². The summed E-state index contributed by atoms with van der Waals surface area (Å²) in [6.07, 6.45) is 0.187. The fourth-order valence-corrected chi connectivity index (χ4v) is 1.13. The molecular formula is C6H11F3N2O3S. The fourth-order valence-electron chi connectivity index (χ4n) is 0.594. The van der Waals surface area contributed by atoms with E-state index in [0.29, 0.717) is 0 Å². The smallest absolute Gasteiger partial charge is 0.355 e. The maximum atomic E-state index is 11.7. The molecule has 2 N–H and O–H groups in total. The molecule has 0 radical (unpaired) electrons. The topological polar surface area (TPSA) is 75.3 Å². The summed E-state index contributed by atoms with van der Waals surface area (Å²) in [6, 6.07) is 0. The van der Waals surface area contributed by atoms with Gasteiger partial charge in [0.1, 0.15) is 0 Å². The van der Waals surface area contributed by atoms with Crippen molar-refractivity contribution >= 4 is 15.9 Å². The SMILES string of the molecule is CCC(=O)NCCNS(=O)(=O)C(F)(F)F. The van der Waals surface area contributed by atoms with E-state index in [1.54, 1.807) is 6.92 Å². The van der Waals surface area contributed by atoms with Crippen LogP contribution in [0.3, 0.4) is 0 Å². The Hall–Kier alpha value is -0.830. The van der Waals surface area contributed by atoms with Crippen LogP contribution in [0.25, 0.3) is 0 Å². The molecule has 0 saturated heterocycles. The zero-order chi connectivity index (χ0) is 12.1. The molecule has 0 atom stereocenters.